The zero-order valence-corrected chi connectivity index (χ0v) is 9.96. The van der Waals surface area contributed by atoms with E-state index in [4.69, 9.17) is 5.11 Å². The summed E-state index contributed by atoms with van der Waals surface area (Å²) in [6, 6.07) is 1.15. The largest absolute Gasteiger partial charge is 0.481 e. The van der Waals surface area contributed by atoms with Crippen molar-refractivity contribution in [3.63, 3.8) is 0 Å². The summed E-state index contributed by atoms with van der Waals surface area (Å²) in [5.74, 6) is -1.04. The minimum Gasteiger partial charge on any atom is -0.481 e. The Hall–Kier alpha value is -0.790. The van der Waals surface area contributed by atoms with Gasteiger partial charge in [0, 0.05) is 3.57 Å². The van der Waals surface area contributed by atoms with E-state index in [1.165, 1.54) is 0 Å². The second-order valence-corrected chi connectivity index (χ2v) is 4.06. The van der Waals surface area contributed by atoms with E-state index in [-0.39, 0.29) is 12.1 Å². The molecule has 15 heavy (non-hydrogen) atoms. The van der Waals surface area contributed by atoms with Crippen molar-refractivity contribution in [2.45, 2.75) is 19.8 Å². The van der Waals surface area contributed by atoms with Crippen LogP contribution < -0.4 is 0 Å². The summed E-state index contributed by atoms with van der Waals surface area (Å²) in [7, 11) is 0. The molecule has 0 radical (unpaired) electrons. The third-order valence-electron chi connectivity index (χ3n) is 1.78. The lowest BCUT2D eigenvalue weighted by atomic mass is 10.1. The third-order valence-corrected chi connectivity index (χ3v) is 3.26. The smallest absolute Gasteiger partial charge is 0.307 e. The van der Waals surface area contributed by atoms with Gasteiger partial charge in [0.1, 0.15) is 5.69 Å². The van der Waals surface area contributed by atoms with Gasteiger partial charge in [-0.15, -0.1) is 0 Å². The summed E-state index contributed by atoms with van der Waals surface area (Å²) < 4.78 is 25.4. The molecule has 1 N–H and O–H groups in total. The van der Waals surface area contributed by atoms with E-state index in [1.807, 2.05) is 22.6 Å². The van der Waals surface area contributed by atoms with Crippen LogP contribution in [0.25, 0.3) is 0 Å². The highest BCUT2D eigenvalue weighted by Gasteiger charge is 2.15. The Kier molecular flexibility index (Phi) is 3.95. The number of alkyl halides is 2. The quantitative estimate of drug-likeness (QED) is 0.868. The number of hydrogen-bond donors (Lipinski definition) is 1. The average Bonchev–Trinajstić information content (AvgIpc) is 2.11. The van der Waals surface area contributed by atoms with Crippen LogP contribution in [0, 0.1) is 10.5 Å². The Bertz CT molecular complexity index is 396. The summed E-state index contributed by atoms with van der Waals surface area (Å²) in [5, 5.41) is 8.60. The van der Waals surface area contributed by atoms with Crippen molar-refractivity contribution in [2.24, 2.45) is 0 Å². The SMILES string of the molecule is Cc1nc(C(F)F)cc(CC(=O)O)c1I. The maximum atomic E-state index is 12.4. The molecule has 0 aliphatic heterocycles. The molecular weight excluding hydrogens is 319 g/mol. The van der Waals surface area contributed by atoms with Gasteiger partial charge in [-0.05, 0) is 41.1 Å². The van der Waals surface area contributed by atoms with E-state index in [0.717, 1.165) is 6.07 Å². The van der Waals surface area contributed by atoms with E-state index in [0.29, 0.717) is 14.8 Å². The van der Waals surface area contributed by atoms with Crippen LogP contribution in [0.4, 0.5) is 8.78 Å². The Balaban J connectivity index is 3.18. The standard InChI is InChI=1S/C9H8F2INO2/c1-4-8(12)5(3-7(14)15)2-6(13-4)9(10)11/h2,9H,3H2,1H3,(H,14,15). The fourth-order valence-electron chi connectivity index (χ4n) is 1.15. The fourth-order valence-corrected chi connectivity index (χ4v) is 1.62. The highest BCUT2D eigenvalue weighted by molar-refractivity contribution is 14.1. The molecule has 82 valence electrons. The number of aromatic nitrogens is 1. The number of carbonyl (C=O) groups is 1. The lowest BCUT2D eigenvalue weighted by Gasteiger charge is -2.07. The molecule has 0 saturated carbocycles. The predicted molar refractivity (Wildman–Crippen MR) is 58.0 cm³/mol. The van der Waals surface area contributed by atoms with Gasteiger partial charge in [-0.2, -0.15) is 0 Å². The molecule has 0 aliphatic rings. The van der Waals surface area contributed by atoms with Gasteiger partial charge in [0.25, 0.3) is 6.43 Å². The molecule has 0 bridgehead atoms. The molecule has 1 heterocycles. The second-order valence-electron chi connectivity index (χ2n) is 2.98. The number of aliphatic carboxylic acids is 1. The van der Waals surface area contributed by atoms with E-state index in [2.05, 4.69) is 4.98 Å². The number of aryl methyl sites for hydroxylation is 1. The topological polar surface area (TPSA) is 50.2 Å². The minimum atomic E-state index is -2.67. The first-order chi connectivity index (χ1) is 6.91. The molecule has 0 aliphatic carbocycles. The van der Waals surface area contributed by atoms with Gasteiger partial charge in [-0.3, -0.25) is 9.78 Å². The lowest BCUT2D eigenvalue weighted by molar-refractivity contribution is -0.136. The molecule has 0 atom stereocenters. The summed E-state index contributed by atoms with van der Waals surface area (Å²) in [5.41, 5.74) is 0.444. The molecule has 6 heteroatoms. The number of rotatable bonds is 3. The highest BCUT2D eigenvalue weighted by atomic mass is 127. The summed E-state index contributed by atoms with van der Waals surface area (Å²) in [6.07, 6.45) is -2.94. The number of pyridine rings is 1. The number of carboxylic acid groups (broad SMARTS) is 1. The van der Waals surface area contributed by atoms with Gasteiger partial charge in [0.2, 0.25) is 0 Å². The van der Waals surface area contributed by atoms with Gasteiger partial charge in [-0.1, -0.05) is 0 Å². The molecule has 0 saturated heterocycles. The predicted octanol–water partition coefficient (Wildman–Crippen LogP) is 2.56. The molecular formula is C9H8F2INO2. The van der Waals surface area contributed by atoms with Gasteiger partial charge in [-0.25, -0.2) is 8.78 Å². The first-order valence-corrected chi connectivity index (χ1v) is 5.15. The minimum absolute atomic E-state index is 0.263. The van der Waals surface area contributed by atoms with Crippen LogP contribution in [0.2, 0.25) is 0 Å². The van der Waals surface area contributed by atoms with Gasteiger partial charge in [0.15, 0.2) is 0 Å². The molecule has 0 spiro atoms. The van der Waals surface area contributed by atoms with Crippen molar-refractivity contribution in [1.82, 2.24) is 4.98 Å². The first kappa shape index (κ1) is 12.3. The zero-order valence-electron chi connectivity index (χ0n) is 7.80. The molecule has 0 fully saturated rings. The monoisotopic (exact) mass is 327 g/mol. The normalized spacial score (nSPS) is 10.7. The zero-order chi connectivity index (χ0) is 11.6. The summed E-state index contributed by atoms with van der Waals surface area (Å²) in [4.78, 5) is 14.2. The van der Waals surface area contributed by atoms with Crippen molar-refractivity contribution in [3.8, 4) is 0 Å². The number of halogens is 3. The maximum absolute atomic E-state index is 12.4. The number of carboxylic acids is 1. The van der Waals surface area contributed by atoms with Crippen LogP contribution in [0.3, 0.4) is 0 Å². The van der Waals surface area contributed by atoms with Crippen LogP contribution in [0.5, 0.6) is 0 Å². The number of nitrogens with zero attached hydrogens (tertiary/aromatic N) is 1. The molecule has 0 aromatic carbocycles. The highest BCUT2D eigenvalue weighted by Crippen LogP contribution is 2.23. The van der Waals surface area contributed by atoms with Crippen molar-refractivity contribution in [1.29, 1.82) is 0 Å². The van der Waals surface area contributed by atoms with Gasteiger partial charge < -0.3 is 5.11 Å². The fraction of sp³-hybridized carbons (Fsp3) is 0.333. The van der Waals surface area contributed by atoms with E-state index < -0.39 is 12.4 Å². The lowest BCUT2D eigenvalue weighted by Crippen LogP contribution is -2.06. The van der Waals surface area contributed by atoms with Crippen LogP contribution in [0.1, 0.15) is 23.4 Å². The maximum Gasteiger partial charge on any atom is 0.307 e. The van der Waals surface area contributed by atoms with Crippen LogP contribution in [-0.4, -0.2) is 16.1 Å². The van der Waals surface area contributed by atoms with Crippen molar-refractivity contribution in [2.75, 3.05) is 0 Å². The molecule has 3 nitrogen and oxygen atoms in total. The Morgan fingerprint density at radius 2 is 2.27 bits per heavy atom. The molecule has 1 aromatic heterocycles. The third kappa shape index (κ3) is 3.08. The van der Waals surface area contributed by atoms with Crippen molar-refractivity contribution >= 4 is 28.6 Å². The Morgan fingerprint density at radius 3 is 2.73 bits per heavy atom. The second kappa shape index (κ2) is 4.82. The van der Waals surface area contributed by atoms with Crippen LogP contribution in [0.15, 0.2) is 6.07 Å². The summed E-state index contributed by atoms with van der Waals surface area (Å²) >= 11 is 1.91. The molecule has 0 amide bonds. The van der Waals surface area contributed by atoms with Crippen molar-refractivity contribution < 1.29 is 18.7 Å². The van der Waals surface area contributed by atoms with Crippen LogP contribution in [-0.2, 0) is 11.2 Å². The van der Waals surface area contributed by atoms with E-state index in [1.54, 1.807) is 6.92 Å². The van der Waals surface area contributed by atoms with Gasteiger partial charge >= 0.3 is 5.97 Å². The molecule has 1 rings (SSSR count). The Labute approximate surface area is 98.7 Å². The van der Waals surface area contributed by atoms with E-state index >= 15 is 0 Å². The van der Waals surface area contributed by atoms with E-state index in [9.17, 15) is 13.6 Å². The first-order valence-electron chi connectivity index (χ1n) is 4.07. The number of hydrogen-bond acceptors (Lipinski definition) is 2. The van der Waals surface area contributed by atoms with Crippen LogP contribution >= 0.6 is 22.6 Å². The molecule has 1 aromatic rings. The average molecular weight is 327 g/mol. The van der Waals surface area contributed by atoms with Crippen molar-refractivity contribution in [3.05, 3.63) is 26.6 Å². The molecule has 0 unspecified atom stereocenters. The Morgan fingerprint density at radius 1 is 1.67 bits per heavy atom. The van der Waals surface area contributed by atoms with Gasteiger partial charge in [0.05, 0.1) is 12.1 Å². The summed E-state index contributed by atoms with van der Waals surface area (Å²) in [6.45, 7) is 1.58.